The van der Waals surface area contributed by atoms with E-state index in [0.717, 1.165) is 36.8 Å². The number of rotatable bonds is 5. The lowest BCUT2D eigenvalue weighted by Crippen LogP contribution is -2.38. The van der Waals surface area contributed by atoms with Crippen LogP contribution >= 0.6 is 0 Å². The highest BCUT2D eigenvalue weighted by molar-refractivity contribution is 7.89. The van der Waals surface area contributed by atoms with Gasteiger partial charge in [0.25, 0.3) is 0 Å². The van der Waals surface area contributed by atoms with Crippen LogP contribution in [0.15, 0.2) is 23.1 Å². The molecule has 0 heterocycles. The monoisotopic (exact) mass is 364 g/mol. The molecule has 138 valence electrons. The van der Waals surface area contributed by atoms with Crippen molar-refractivity contribution in [1.82, 2.24) is 10.0 Å². The molecule has 1 saturated carbocycles. The van der Waals surface area contributed by atoms with Gasteiger partial charge in [-0.1, -0.05) is 25.3 Å². The zero-order valence-electron chi connectivity index (χ0n) is 15.0. The first-order valence-corrected chi connectivity index (χ1v) is 10.8. The third-order valence-electron chi connectivity index (χ3n) is 5.58. The van der Waals surface area contributed by atoms with Gasteiger partial charge in [0.05, 0.1) is 10.9 Å². The van der Waals surface area contributed by atoms with Crippen molar-refractivity contribution in [2.45, 2.75) is 75.8 Å². The minimum Gasteiger partial charge on any atom is -0.350 e. The van der Waals surface area contributed by atoms with Gasteiger partial charge < -0.3 is 5.32 Å². The van der Waals surface area contributed by atoms with Gasteiger partial charge in [0.1, 0.15) is 0 Å². The highest BCUT2D eigenvalue weighted by atomic mass is 32.2. The highest BCUT2D eigenvalue weighted by Gasteiger charge is 2.28. The molecule has 1 amide bonds. The van der Waals surface area contributed by atoms with Gasteiger partial charge in [-0.3, -0.25) is 4.79 Å². The normalized spacial score (nSPS) is 22.4. The van der Waals surface area contributed by atoms with E-state index in [1.807, 2.05) is 13.0 Å². The Bertz CT molecular complexity index is 739. The Morgan fingerprint density at radius 3 is 2.56 bits per heavy atom. The average molecular weight is 365 g/mol. The third-order valence-corrected chi connectivity index (χ3v) is 7.13. The van der Waals surface area contributed by atoms with Crippen molar-refractivity contribution in [3.8, 4) is 0 Å². The molecule has 5 nitrogen and oxygen atoms in total. The highest BCUT2D eigenvalue weighted by Crippen LogP contribution is 2.33. The summed E-state index contributed by atoms with van der Waals surface area (Å²) in [5, 5.41) is 2.93. The van der Waals surface area contributed by atoms with Gasteiger partial charge in [0.15, 0.2) is 0 Å². The van der Waals surface area contributed by atoms with Crippen molar-refractivity contribution in [3.63, 3.8) is 0 Å². The Balaban J connectivity index is 1.73. The summed E-state index contributed by atoms with van der Waals surface area (Å²) in [6, 6.07) is 5.24. The van der Waals surface area contributed by atoms with Crippen LogP contribution in [-0.4, -0.2) is 20.4 Å². The van der Waals surface area contributed by atoms with Crippen LogP contribution < -0.4 is 10.0 Å². The van der Waals surface area contributed by atoms with Crippen LogP contribution in [0.5, 0.6) is 0 Å². The number of carbonyl (C=O) groups is 1. The van der Waals surface area contributed by atoms with Crippen molar-refractivity contribution in [1.29, 1.82) is 0 Å². The fourth-order valence-electron chi connectivity index (χ4n) is 4.20. The molecule has 2 aliphatic rings. The van der Waals surface area contributed by atoms with Gasteiger partial charge in [-0.25, -0.2) is 13.1 Å². The van der Waals surface area contributed by atoms with Crippen LogP contribution in [-0.2, 0) is 21.2 Å². The van der Waals surface area contributed by atoms with E-state index in [1.54, 1.807) is 12.1 Å². The Hall–Kier alpha value is -1.40. The molecule has 2 aliphatic carbocycles. The van der Waals surface area contributed by atoms with Gasteiger partial charge in [-0.15, -0.1) is 0 Å². The molecule has 1 aromatic carbocycles. The summed E-state index contributed by atoms with van der Waals surface area (Å²) < 4.78 is 28.4. The van der Waals surface area contributed by atoms with Crippen molar-refractivity contribution >= 4 is 15.9 Å². The number of benzene rings is 1. The van der Waals surface area contributed by atoms with Crippen molar-refractivity contribution in [3.05, 3.63) is 29.3 Å². The number of hydrogen-bond acceptors (Lipinski definition) is 3. The molecule has 2 atom stereocenters. The SMILES string of the molecule is CC(=O)NC1CCc2cc(S(=O)(=O)NC(C)C3CCCCC3)ccc21. The number of hydrogen-bond donors (Lipinski definition) is 2. The number of sulfonamides is 1. The molecule has 0 aliphatic heterocycles. The van der Waals surface area contributed by atoms with Gasteiger partial charge in [-0.2, -0.15) is 0 Å². The molecule has 0 radical (unpaired) electrons. The maximum Gasteiger partial charge on any atom is 0.240 e. The first-order valence-electron chi connectivity index (χ1n) is 9.29. The second-order valence-corrected chi connectivity index (χ2v) is 9.17. The molecule has 3 rings (SSSR count). The molecule has 0 saturated heterocycles. The largest absolute Gasteiger partial charge is 0.350 e. The molecular formula is C19H28N2O3S. The van der Waals surface area contributed by atoms with Gasteiger partial charge in [0.2, 0.25) is 15.9 Å². The molecule has 0 bridgehead atoms. The lowest BCUT2D eigenvalue weighted by atomic mass is 9.85. The van der Waals surface area contributed by atoms with Crippen LogP contribution in [0.3, 0.4) is 0 Å². The number of fused-ring (bicyclic) bond motifs is 1. The standard InChI is InChI=1S/C19H28N2O3S/c1-13(15-6-4-3-5-7-15)21-25(23,24)17-9-10-18-16(12-17)8-11-19(18)20-14(2)22/h9-10,12-13,15,19,21H,3-8,11H2,1-2H3,(H,20,22). The summed E-state index contributed by atoms with van der Waals surface area (Å²) in [5.74, 6) is 0.375. The number of carbonyl (C=O) groups excluding carboxylic acids is 1. The third kappa shape index (κ3) is 4.23. The lowest BCUT2D eigenvalue weighted by molar-refractivity contribution is -0.119. The maximum atomic E-state index is 12.8. The van der Waals surface area contributed by atoms with Gasteiger partial charge in [-0.05, 0) is 61.8 Å². The second kappa shape index (κ2) is 7.46. The van der Waals surface area contributed by atoms with E-state index in [1.165, 1.54) is 26.2 Å². The summed E-state index contributed by atoms with van der Waals surface area (Å²) >= 11 is 0. The van der Waals surface area contributed by atoms with Crippen molar-refractivity contribution in [2.24, 2.45) is 5.92 Å². The van der Waals surface area contributed by atoms with Crippen molar-refractivity contribution < 1.29 is 13.2 Å². The lowest BCUT2D eigenvalue weighted by Gasteiger charge is -2.28. The summed E-state index contributed by atoms with van der Waals surface area (Å²) in [4.78, 5) is 11.6. The number of nitrogens with one attached hydrogen (secondary N) is 2. The van der Waals surface area contributed by atoms with E-state index >= 15 is 0 Å². The van der Waals surface area contributed by atoms with Crippen LogP contribution in [0.25, 0.3) is 0 Å². The predicted octanol–water partition coefficient (Wildman–Crippen LogP) is 3.06. The minimum atomic E-state index is -3.51. The summed E-state index contributed by atoms with van der Waals surface area (Å²) in [6.07, 6.45) is 7.47. The first-order chi connectivity index (χ1) is 11.9. The average Bonchev–Trinajstić information content (AvgIpc) is 2.97. The Morgan fingerprint density at radius 1 is 1.16 bits per heavy atom. The van der Waals surface area contributed by atoms with E-state index in [9.17, 15) is 13.2 Å². The Morgan fingerprint density at radius 2 is 1.88 bits per heavy atom. The van der Waals surface area contributed by atoms with Gasteiger partial charge in [0, 0.05) is 13.0 Å². The van der Waals surface area contributed by atoms with Gasteiger partial charge >= 0.3 is 0 Å². The predicted molar refractivity (Wildman–Crippen MR) is 97.7 cm³/mol. The Labute approximate surface area is 150 Å². The van der Waals surface area contributed by atoms with Crippen LogP contribution in [0.4, 0.5) is 0 Å². The smallest absolute Gasteiger partial charge is 0.240 e. The minimum absolute atomic E-state index is 0.00150. The zero-order valence-corrected chi connectivity index (χ0v) is 15.9. The molecule has 0 spiro atoms. The van der Waals surface area contributed by atoms with Crippen LogP contribution in [0.1, 0.15) is 69.5 Å². The fourth-order valence-corrected chi connectivity index (χ4v) is 5.56. The molecular weight excluding hydrogens is 336 g/mol. The fraction of sp³-hybridized carbons (Fsp3) is 0.632. The van der Waals surface area contributed by atoms with E-state index in [-0.39, 0.29) is 18.0 Å². The number of aryl methyl sites for hydroxylation is 1. The number of amides is 1. The molecule has 25 heavy (non-hydrogen) atoms. The van der Waals surface area contributed by atoms with E-state index in [0.29, 0.717) is 10.8 Å². The summed E-state index contributed by atoms with van der Waals surface area (Å²) in [6.45, 7) is 3.49. The molecule has 6 heteroatoms. The van der Waals surface area contributed by atoms with Crippen LogP contribution in [0, 0.1) is 5.92 Å². The zero-order chi connectivity index (χ0) is 18.0. The van der Waals surface area contributed by atoms with E-state index in [2.05, 4.69) is 10.0 Å². The quantitative estimate of drug-likeness (QED) is 0.843. The molecule has 2 unspecified atom stereocenters. The van der Waals surface area contributed by atoms with E-state index < -0.39 is 10.0 Å². The molecule has 1 fully saturated rings. The van der Waals surface area contributed by atoms with E-state index in [4.69, 9.17) is 0 Å². The Kier molecular flexibility index (Phi) is 5.49. The molecule has 1 aromatic rings. The first kappa shape index (κ1) is 18.4. The topological polar surface area (TPSA) is 75.3 Å². The van der Waals surface area contributed by atoms with Crippen LogP contribution in [0.2, 0.25) is 0 Å². The molecule has 0 aromatic heterocycles. The summed E-state index contributed by atoms with van der Waals surface area (Å²) in [5.41, 5.74) is 2.06. The van der Waals surface area contributed by atoms with Crippen molar-refractivity contribution in [2.75, 3.05) is 0 Å². The molecule has 2 N–H and O–H groups in total. The summed E-state index contributed by atoms with van der Waals surface area (Å²) in [7, 11) is -3.51. The maximum absolute atomic E-state index is 12.8. The second-order valence-electron chi connectivity index (χ2n) is 7.46.